The molecule has 3 amide bonds. The second-order valence-electron chi connectivity index (χ2n) is 6.93. The highest BCUT2D eigenvalue weighted by molar-refractivity contribution is 8.01. The third kappa shape index (κ3) is 4.83. The van der Waals surface area contributed by atoms with Crippen LogP contribution in [-0.2, 0) is 31.0 Å². The van der Waals surface area contributed by atoms with E-state index in [1.807, 2.05) is 6.92 Å². The van der Waals surface area contributed by atoms with Crippen LogP contribution in [-0.4, -0.2) is 94.7 Å². The summed E-state index contributed by atoms with van der Waals surface area (Å²) in [4.78, 5) is 50.7. The number of amides is 3. The fourth-order valence-corrected chi connectivity index (χ4v) is 6.55. The van der Waals surface area contributed by atoms with E-state index in [-0.39, 0.29) is 11.4 Å². The lowest BCUT2D eigenvalue weighted by molar-refractivity contribution is -0.192. The molecule has 16 heteroatoms. The maximum Gasteiger partial charge on any atom is 0.352 e. The molecular formula is C17H23N7O6S3. The Morgan fingerprint density at radius 2 is 2.15 bits per heavy atom. The number of aryl methyl sites for hydroxylation is 1. The van der Waals surface area contributed by atoms with Gasteiger partial charge in [-0.3, -0.25) is 19.3 Å². The normalized spacial score (nSPS) is 23.0. The Bertz CT molecular complexity index is 1000. The van der Waals surface area contributed by atoms with Gasteiger partial charge in [0.25, 0.3) is 17.5 Å². The Balaban J connectivity index is 1.82. The van der Waals surface area contributed by atoms with E-state index >= 15 is 0 Å². The van der Waals surface area contributed by atoms with Gasteiger partial charge in [-0.15, -0.1) is 28.6 Å². The monoisotopic (exact) mass is 517 g/mol. The number of aliphatic carboxylic acids is 1. The number of tetrazole rings is 1. The number of carbonyl (C=O) groups is 4. The smallest absolute Gasteiger partial charge is 0.352 e. The van der Waals surface area contributed by atoms with Crippen molar-refractivity contribution < 1.29 is 29.0 Å². The number of β-lactam (4-membered cyclic amide) rings is 1. The van der Waals surface area contributed by atoms with E-state index in [1.54, 1.807) is 7.05 Å². The number of nitrogens with zero attached hydrogens (tertiary/aromatic N) is 5. The summed E-state index contributed by atoms with van der Waals surface area (Å²) in [5.74, 6) is -1.84. The van der Waals surface area contributed by atoms with Crippen LogP contribution in [0.4, 0.5) is 0 Å². The summed E-state index contributed by atoms with van der Waals surface area (Å²) >= 11 is 3.72. The number of thioether (sulfide) groups is 3. The quantitative estimate of drug-likeness (QED) is 0.202. The number of hydrogen-bond donors (Lipinski definition) is 3. The molecule has 0 aliphatic carbocycles. The molecule has 33 heavy (non-hydrogen) atoms. The molecule has 1 aromatic heterocycles. The molecule has 2 aliphatic heterocycles. The van der Waals surface area contributed by atoms with Crippen LogP contribution in [0.15, 0.2) is 16.4 Å². The maximum atomic E-state index is 13.2. The highest BCUT2D eigenvalue weighted by Gasteiger charge is 2.66. The van der Waals surface area contributed by atoms with Crippen molar-refractivity contribution in [2.24, 2.45) is 7.05 Å². The number of methoxy groups -OCH3 is 1. The summed E-state index contributed by atoms with van der Waals surface area (Å²) in [5, 5.41) is 24.9. The van der Waals surface area contributed by atoms with Crippen molar-refractivity contribution in [3.05, 3.63) is 11.3 Å². The van der Waals surface area contributed by atoms with Gasteiger partial charge in [-0.25, -0.2) is 9.48 Å². The van der Waals surface area contributed by atoms with E-state index in [2.05, 4.69) is 26.2 Å². The molecule has 3 heterocycles. The van der Waals surface area contributed by atoms with Gasteiger partial charge in [-0.2, -0.15) is 0 Å². The molecule has 1 unspecified atom stereocenters. The van der Waals surface area contributed by atoms with Crippen LogP contribution in [0.25, 0.3) is 0 Å². The maximum absolute atomic E-state index is 13.2. The SMILES string of the molecule is CCSC(NC(C)=O)C(=O)N[C@]1(OC)C(=O)N2C(C(=O)O)=C(CSc3nnnn3C)CS[C@H]21. The first-order valence-electron chi connectivity index (χ1n) is 9.67. The average Bonchev–Trinajstić information content (AvgIpc) is 3.18. The molecule has 0 spiro atoms. The van der Waals surface area contributed by atoms with Gasteiger partial charge in [0.15, 0.2) is 5.37 Å². The lowest BCUT2D eigenvalue weighted by Gasteiger charge is -2.56. The number of nitrogens with one attached hydrogen (secondary N) is 2. The Kier molecular flexibility index (Phi) is 7.92. The summed E-state index contributed by atoms with van der Waals surface area (Å²) in [7, 11) is 2.94. The third-order valence-electron chi connectivity index (χ3n) is 4.81. The van der Waals surface area contributed by atoms with E-state index in [0.717, 1.165) is 4.90 Å². The third-order valence-corrected chi connectivity index (χ3v) is 8.28. The Labute approximate surface area is 201 Å². The minimum atomic E-state index is -1.74. The van der Waals surface area contributed by atoms with Crippen molar-refractivity contribution in [2.45, 2.75) is 35.5 Å². The van der Waals surface area contributed by atoms with Gasteiger partial charge in [0.1, 0.15) is 11.1 Å². The predicted octanol–water partition coefficient (Wildman–Crippen LogP) is -0.770. The second kappa shape index (κ2) is 10.3. The zero-order chi connectivity index (χ0) is 24.3. The van der Waals surface area contributed by atoms with Crippen LogP contribution in [0.1, 0.15) is 13.8 Å². The second-order valence-corrected chi connectivity index (χ2v) is 10.3. The van der Waals surface area contributed by atoms with E-state index in [0.29, 0.717) is 22.2 Å². The van der Waals surface area contributed by atoms with E-state index < -0.39 is 40.2 Å². The summed E-state index contributed by atoms with van der Waals surface area (Å²) in [6.45, 7) is 3.11. The van der Waals surface area contributed by atoms with Crippen LogP contribution in [0.5, 0.6) is 0 Å². The van der Waals surface area contributed by atoms with Crippen molar-refractivity contribution in [3.63, 3.8) is 0 Å². The number of carbonyl (C=O) groups excluding carboxylic acids is 3. The Morgan fingerprint density at radius 1 is 1.42 bits per heavy atom. The van der Waals surface area contributed by atoms with Crippen molar-refractivity contribution >= 4 is 59.0 Å². The highest BCUT2D eigenvalue weighted by Crippen LogP contribution is 2.47. The summed E-state index contributed by atoms with van der Waals surface area (Å²) in [5.41, 5.74) is -1.35. The molecule has 1 saturated heterocycles. The summed E-state index contributed by atoms with van der Waals surface area (Å²) < 4.78 is 6.90. The largest absolute Gasteiger partial charge is 0.477 e. The Hall–Kier alpha value is -2.30. The number of rotatable bonds is 10. The number of fused-ring (bicyclic) bond motifs is 1. The molecule has 0 aromatic carbocycles. The van der Waals surface area contributed by atoms with Crippen molar-refractivity contribution in [1.82, 2.24) is 35.7 Å². The van der Waals surface area contributed by atoms with Crippen LogP contribution in [0, 0.1) is 0 Å². The standard InChI is InChI=1S/C17H23N7O6S3/c1-5-31-12(18-8(2)25)11(26)19-17(30-4)14(29)24-10(13(27)28)9(6-32-15(17)24)7-33-16-20-21-22-23(16)3/h12,15H,5-7H2,1-4H3,(H,18,25)(H,19,26)(H,27,28)/t12?,15-,17-/m0/s1. The van der Waals surface area contributed by atoms with Crippen molar-refractivity contribution in [1.29, 1.82) is 0 Å². The molecule has 0 bridgehead atoms. The number of carboxylic acid groups (broad SMARTS) is 1. The molecule has 0 radical (unpaired) electrons. The van der Waals surface area contributed by atoms with Crippen molar-refractivity contribution in [3.8, 4) is 0 Å². The van der Waals surface area contributed by atoms with Gasteiger partial charge in [-0.05, 0) is 21.8 Å². The van der Waals surface area contributed by atoms with Crippen molar-refractivity contribution in [2.75, 3.05) is 24.4 Å². The average molecular weight is 518 g/mol. The van der Waals surface area contributed by atoms with Crippen LogP contribution in [0.3, 0.4) is 0 Å². The van der Waals surface area contributed by atoms with Gasteiger partial charge in [0.05, 0.1) is 0 Å². The lowest BCUT2D eigenvalue weighted by Crippen LogP contribution is -2.81. The fraction of sp³-hybridized carbons (Fsp3) is 0.588. The topological polar surface area (TPSA) is 169 Å². The number of carboxylic acids is 1. The molecule has 1 aromatic rings. The van der Waals surface area contributed by atoms with Gasteiger partial charge in [-0.1, -0.05) is 18.7 Å². The highest BCUT2D eigenvalue weighted by atomic mass is 32.2. The molecule has 13 nitrogen and oxygen atoms in total. The van der Waals surface area contributed by atoms with Gasteiger partial charge in [0, 0.05) is 32.6 Å². The minimum absolute atomic E-state index is 0.144. The predicted molar refractivity (Wildman–Crippen MR) is 121 cm³/mol. The first kappa shape index (κ1) is 25.3. The molecule has 3 atom stereocenters. The molecule has 3 N–H and O–H groups in total. The van der Waals surface area contributed by atoms with Gasteiger partial charge >= 0.3 is 5.97 Å². The first-order valence-corrected chi connectivity index (χ1v) is 12.8. The summed E-state index contributed by atoms with van der Waals surface area (Å²) in [6, 6.07) is 0. The number of aromatic nitrogens is 4. The number of hydrogen-bond acceptors (Lipinski definition) is 11. The molecule has 3 rings (SSSR count). The lowest BCUT2D eigenvalue weighted by atomic mass is 9.98. The minimum Gasteiger partial charge on any atom is -0.477 e. The zero-order valence-electron chi connectivity index (χ0n) is 18.2. The molecule has 180 valence electrons. The zero-order valence-corrected chi connectivity index (χ0v) is 20.7. The van der Waals surface area contributed by atoms with E-state index in [1.165, 1.54) is 54.0 Å². The molecule has 1 fully saturated rings. The van der Waals surface area contributed by atoms with Crippen LogP contribution < -0.4 is 10.6 Å². The van der Waals surface area contributed by atoms with Crippen LogP contribution in [0.2, 0.25) is 0 Å². The summed E-state index contributed by atoms with van der Waals surface area (Å²) in [6.07, 6.45) is 0. The molecule has 2 aliphatic rings. The van der Waals surface area contributed by atoms with E-state index in [4.69, 9.17) is 4.74 Å². The molecule has 0 saturated carbocycles. The van der Waals surface area contributed by atoms with E-state index in [9.17, 15) is 24.3 Å². The van der Waals surface area contributed by atoms with Gasteiger partial charge < -0.3 is 20.5 Å². The van der Waals surface area contributed by atoms with Crippen LogP contribution >= 0.6 is 35.3 Å². The molecular weight excluding hydrogens is 494 g/mol. The Morgan fingerprint density at radius 3 is 2.70 bits per heavy atom. The fourth-order valence-electron chi connectivity index (χ4n) is 3.33. The first-order chi connectivity index (χ1) is 15.7. The van der Waals surface area contributed by atoms with Gasteiger partial charge in [0.2, 0.25) is 11.1 Å². The number of ether oxygens (including phenoxy) is 1.